The molecule has 2 fully saturated rings. The molecule has 3 aromatic rings. The van der Waals surface area contributed by atoms with Crippen LogP contribution in [0.1, 0.15) is 31.4 Å². The van der Waals surface area contributed by atoms with Crippen molar-refractivity contribution in [3.8, 4) is 23.0 Å². The molecule has 4 heterocycles. The first-order valence-corrected chi connectivity index (χ1v) is 11.6. The molecule has 5 rings (SSSR count). The maximum atomic E-state index is 5.64. The quantitative estimate of drug-likeness (QED) is 0.569. The molecule has 0 atom stereocenters. The molecule has 2 aromatic heterocycles. The zero-order valence-electron chi connectivity index (χ0n) is 19.6. The second-order valence-electron chi connectivity index (χ2n) is 9.17. The molecule has 0 unspecified atom stereocenters. The number of benzene rings is 1. The first-order valence-electron chi connectivity index (χ1n) is 11.6. The molecule has 0 saturated carbocycles. The van der Waals surface area contributed by atoms with Crippen LogP contribution in [0.4, 0.5) is 11.6 Å². The van der Waals surface area contributed by atoms with E-state index in [1.54, 1.807) is 14.2 Å². The number of piperidine rings is 2. The average Bonchev–Trinajstić information content (AvgIpc) is 3.35. The summed E-state index contributed by atoms with van der Waals surface area (Å²) in [4.78, 5) is 13.8. The van der Waals surface area contributed by atoms with Crippen LogP contribution in [0, 0.1) is 12.3 Å². The van der Waals surface area contributed by atoms with Crippen LogP contribution < -0.4 is 19.3 Å². The lowest BCUT2D eigenvalue weighted by molar-refractivity contribution is 0.177. The van der Waals surface area contributed by atoms with E-state index in [9.17, 15) is 0 Å². The van der Waals surface area contributed by atoms with Crippen LogP contribution in [-0.4, -0.2) is 55.5 Å². The van der Waals surface area contributed by atoms with Crippen LogP contribution in [0.5, 0.6) is 11.5 Å². The molecular weight excluding hydrogens is 418 g/mol. The van der Waals surface area contributed by atoms with Crippen LogP contribution in [0.25, 0.3) is 11.5 Å². The van der Waals surface area contributed by atoms with Crippen molar-refractivity contribution in [2.24, 2.45) is 5.41 Å². The Morgan fingerprint density at radius 1 is 0.939 bits per heavy atom. The topological polar surface area (TPSA) is 76.8 Å². The maximum Gasteiger partial charge on any atom is 0.266 e. The van der Waals surface area contributed by atoms with E-state index in [0.717, 1.165) is 43.9 Å². The van der Waals surface area contributed by atoms with Gasteiger partial charge in [0.25, 0.3) is 11.8 Å². The highest BCUT2D eigenvalue weighted by atomic mass is 16.5. The second kappa shape index (κ2) is 8.92. The molecule has 33 heavy (non-hydrogen) atoms. The van der Waals surface area contributed by atoms with E-state index in [4.69, 9.17) is 19.0 Å². The minimum absolute atomic E-state index is 0.302. The van der Waals surface area contributed by atoms with E-state index >= 15 is 0 Å². The number of hydrogen-bond donors (Lipinski definition) is 0. The van der Waals surface area contributed by atoms with Crippen LogP contribution in [0.3, 0.4) is 0 Å². The summed E-state index contributed by atoms with van der Waals surface area (Å²) in [6.07, 6.45) is 6.64. The van der Waals surface area contributed by atoms with Gasteiger partial charge in [-0.25, -0.2) is 0 Å². The van der Waals surface area contributed by atoms with Gasteiger partial charge in [0.05, 0.1) is 14.2 Å². The van der Waals surface area contributed by atoms with E-state index < -0.39 is 0 Å². The van der Waals surface area contributed by atoms with Gasteiger partial charge in [-0.2, -0.15) is 4.98 Å². The third-order valence-electron chi connectivity index (χ3n) is 7.03. The number of aromatic nitrogens is 3. The van der Waals surface area contributed by atoms with Gasteiger partial charge < -0.3 is 23.8 Å². The van der Waals surface area contributed by atoms with Gasteiger partial charge in [-0.05, 0) is 67.4 Å². The number of aryl methyl sites for hydroxylation is 1. The van der Waals surface area contributed by atoms with Crippen LogP contribution >= 0.6 is 0 Å². The molecule has 2 aliphatic rings. The molecule has 2 saturated heterocycles. The van der Waals surface area contributed by atoms with Gasteiger partial charge in [0.1, 0.15) is 11.5 Å². The Bertz CT molecular complexity index is 1080. The van der Waals surface area contributed by atoms with Gasteiger partial charge in [-0.15, -0.1) is 0 Å². The molecule has 0 N–H and O–H groups in total. The van der Waals surface area contributed by atoms with Crippen LogP contribution in [0.2, 0.25) is 0 Å². The monoisotopic (exact) mass is 449 g/mol. The summed E-state index contributed by atoms with van der Waals surface area (Å²) >= 11 is 0. The zero-order chi connectivity index (χ0) is 22.8. The lowest BCUT2D eigenvalue weighted by Gasteiger charge is -2.47. The fourth-order valence-corrected chi connectivity index (χ4v) is 5.15. The van der Waals surface area contributed by atoms with Crippen molar-refractivity contribution < 1.29 is 14.0 Å². The third-order valence-corrected chi connectivity index (χ3v) is 7.03. The molecule has 8 nitrogen and oxygen atoms in total. The lowest BCUT2D eigenvalue weighted by atomic mass is 9.72. The number of methoxy groups -OCH3 is 2. The van der Waals surface area contributed by atoms with E-state index in [1.807, 2.05) is 24.4 Å². The summed E-state index contributed by atoms with van der Waals surface area (Å²) in [7, 11) is 3.26. The molecule has 0 radical (unpaired) electrons. The SMILES string of the molecule is COc1cc(OC)cc(-c2nc(N3CCCC4(CCN(c5ccnc(C)c5)CC4)C3)no2)c1. The Labute approximate surface area is 194 Å². The Hall–Kier alpha value is -3.29. The smallest absolute Gasteiger partial charge is 0.266 e. The molecule has 174 valence electrons. The largest absolute Gasteiger partial charge is 0.497 e. The summed E-state index contributed by atoms with van der Waals surface area (Å²) in [5.41, 5.74) is 3.44. The van der Waals surface area contributed by atoms with Crippen molar-refractivity contribution in [3.63, 3.8) is 0 Å². The van der Waals surface area contributed by atoms with Crippen molar-refractivity contribution in [3.05, 3.63) is 42.2 Å². The van der Waals surface area contributed by atoms with Gasteiger partial charge in [0, 0.05) is 55.4 Å². The highest BCUT2D eigenvalue weighted by molar-refractivity contribution is 5.60. The minimum Gasteiger partial charge on any atom is -0.497 e. The molecule has 0 bridgehead atoms. The zero-order valence-corrected chi connectivity index (χ0v) is 19.6. The number of anilines is 2. The number of ether oxygens (including phenoxy) is 2. The third kappa shape index (κ3) is 4.47. The fourth-order valence-electron chi connectivity index (χ4n) is 5.15. The van der Waals surface area contributed by atoms with Gasteiger partial charge in [0.2, 0.25) is 0 Å². The first kappa shape index (κ1) is 21.6. The summed E-state index contributed by atoms with van der Waals surface area (Å²) in [6.45, 7) is 6.11. The van der Waals surface area contributed by atoms with E-state index in [1.165, 1.54) is 24.9 Å². The standard InChI is InChI=1S/C25H31N5O3/c1-18-13-20(5-9-26-18)29-11-7-25(8-12-29)6-4-10-30(17-25)24-27-23(33-28-24)19-14-21(31-2)16-22(15-19)32-3/h5,9,13-16H,4,6-8,10-12,17H2,1-3H3. The predicted octanol–water partition coefficient (Wildman–Crippen LogP) is 4.34. The number of pyridine rings is 1. The molecule has 0 aliphatic carbocycles. The maximum absolute atomic E-state index is 5.64. The Morgan fingerprint density at radius 2 is 1.70 bits per heavy atom. The van der Waals surface area contributed by atoms with Crippen molar-refractivity contribution >= 4 is 11.6 Å². The van der Waals surface area contributed by atoms with Crippen molar-refractivity contribution in [2.45, 2.75) is 32.6 Å². The molecule has 2 aliphatic heterocycles. The Balaban J connectivity index is 1.29. The van der Waals surface area contributed by atoms with Crippen molar-refractivity contribution in [1.82, 2.24) is 15.1 Å². The molecule has 8 heteroatoms. The normalized spacial score (nSPS) is 17.9. The van der Waals surface area contributed by atoms with Crippen molar-refractivity contribution in [2.75, 3.05) is 50.2 Å². The van der Waals surface area contributed by atoms with Gasteiger partial charge in [-0.1, -0.05) is 0 Å². The number of hydrogen-bond acceptors (Lipinski definition) is 8. The van der Waals surface area contributed by atoms with Crippen LogP contribution in [-0.2, 0) is 0 Å². The number of nitrogens with zero attached hydrogens (tertiary/aromatic N) is 5. The summed E-state index contributed by atoms with van der Waals surface area (Å²) in [5, 5.41) is 4.32. The van der Waals surface area contributed by atoms with E-state index in [2.05, 4.69) is 39.0 Å². The van der Waals surface area contributed by atoms with Gasteiger partial charge >= 0.3 is 0 Å². The van der Waals surface area contributed by atoms with Crippen LogP contribution in [0.15, 0.2) is 41.1 Å². The van der Waals surface area contributed by atoms with Gasteiger partial charge in [-0.3, -0.25) is 4.98 Å². The van der Waals surface area contributed by atoms with E-state index in [-0.39, 0.29) is 0 Å². The van der Waals surface area contributed by atoms with Gasteiger partial charge in [0.15, 0.2) is 0 Å². The van der Waals surface area contributed by atoms with Crippen molar-refractivity contribution in [1.29, 1.82) is 0 Å². The highest BCUT2D eigenvalue weighted by Gasteiger charge is 2.39. The fraction of sp³-hybridized carbons (Fsp3) is 0.480. The molecular formula is C25H31N5O3. The minimum atomic E-state index is 0.302. The predicted molar refractivity (Wildman–Crippen MR) is 127 cm³/mol. The Morgan fingerprint density at radius 3 is 2.39 bits per heavy atom. The number of rotatable bonds is 5. The molecule has 1 spiro atoms. The summed E-state index contributed by atoms with van der Waals surface area (Å²) < 4.78 is 16.4. The summed E-state index contributed by atoms with van der Waals surface area (Å²) in [6, 6.07) is 9.89. The summed E-state index contributed by atoms with van der Waals surface area (Å²) in [5.74, 6) is 2.53. The Kier molecular flexibility index (Phi) is 5.83. The first-order chi connectivity index (χ1) is 16.1. The highest BCUT2D eigenvalue weighted by Crippen LogP contribution is 2.42. The lowest BCUT2D eigenvalue weighted by Crippen LogP contribution is -2.50. The second-order valence-corrected chi connectivity index (χ2v) is 9.17. The average molecular weight is 450 g/mol. The molecule has 0 amide bonds. The molecule has 1 aromatic carbocycles. The van der Waals surface area contributed by atoms with E-state index in [0.29, 0.717) is 28.8 Å².